The van der Waals surface area contributed by atoms with E-state index >= 15 is 0 Å². The van der Waals surface area contributed by atoms with E-state index in [4.69, 9.17) is 14.6 Å². The number of anilines is 1. The van der Waals surface area contributed by atoms with Gasteiger partial charge in [0.15, 0.2) is 11.5 Å². The highest BCUT2D eigenvalue weighted by atomic mass is 79.9. The molecular weight excluding hydrogens is 374 g/mol. The number of methoxy groups -OCH3 is 1. The Bertz CT molecular complexity index is 701. The molecule has 0 radical (unpaired) electrons. The third-order valence-electron chi connectivity index (χ3n) is 3.41. The highest BCUT2D eigenvalue weighted by Crippen LogP contribution is 2.34. The maximum Gasteiger partial charge on any atom is 0.335 e. The van der Waals surface area contributed by atoms with E-state index in [-0.39, 0.29) is 5.56 Å². The Labute approximate surface area is 149 Å². The molecule has 0 aliphatic rings. The van der Waals surface area contributed by atoms with Gasteiger partial charge in [0.25, 0.3) is 0 Å². The van der Waals surface area contributed by atoms with Crippen molar-refractivity contribution in [3.8, 4) is 11.5 Å². The first-order valence-corrected chi connectivity index (χ1v) is 8.41. The standard InChI is InChI=1S/C18H20BrNO4/c1-3-8-24-17-10-15(19)13(9-16(17)23-2)11-20-14-6-4-12(5-7-14)18(21)22/h4-7,9-10,20H,3,8,11H2,1-2H3,(H,21,22). The maximum atomic E-state index is 10.9. The van der Waals surface area contributed by atoms with Crippen LogP contribution in [0.25, 0.3) is 0 Å². The molecule has 0 aliphatic heterocycles. The second-order valence-corrected chi connectivity index (χ2v) is 6.03. The Hall–Kier alpha value is -2.21. The van der Waals surface area contributed by atoms with Crippen LogP contribution in [0.3, 0.4) is 0 Å². The fourth-order valence-electron chi connectivity index (χ4n) is 2.12. The topological polar surface area (TPSA) is 67.8 Å². The molecule has 24 heavy (non-hydrogen) atoms. The number of ether oxygens (including phenoxy) is 2. The largest absolute Gasteiger partial charge is 0.493 e. The van der Waals surface area contributed by atoms with Crippen molar-refractivity contribution in [2.75, 3.05) is 19.0 Å². The van der Waals surface area contributed by atoms with E-state index in [0.29, 0.717) is 24.7 Å². The molecule has 0 spiro atoms. The summed E-state index contributed by atoms with van der Waals surface area (Å²) in [6, 6.07) is 10.5. The summed E-state index contributed by atoms with van der Waals surface area (Å²) in [6.45, 7) is 3.25. The van der Waals surface area contributed by atoms with Crippen LogP contribution in [0, 0.1) is 0 Å². The molecule has 0 bridgehead atoms. The summed E-state index contributed by atoms with van der Waals surface area (Å²) in [4.78, 5) is 10.9. The van der Waals surface area contributed by atoms with Crippen LogP contribution in [-0.2, 0) is 6.54 Å². The number of benzene rings is 2. The number of carboxylic acids is 1. The molecule has 2 rings (SSSR count). The molecule has 0 saturated heterocycles. The number of hydrogen-bond acceptors (Lipinski definition) is 4. The zero-order valence-corrected chi connectivity index (χ0v) is 15.2. The maximum absolute atomic E-state index is 10.9. The molecule has 0 saturated carbocycles. The molecule has 2 aromatic rings. The van der Waals surface area contributed by atoms with Crippen LogP contribution in [0.5, 0.6) is 11.5 Å². The van der Waals surface area contributed by atoms with Crippen LogP contribution in [0.1, 0.15) is 29.3 Å². The second-order valence-electron chi connectivity index (χ2n) is 5.18. The van der Waals surface area contributed by atoms with Crippen LogP contribution in [0.15, 0.2) is 40.9 Å². The lowest BCUT2D eigenvalue weighted by molar-refractivity contribution is 0.0697. The summed E-state index contributed by atoms with van der Waals surface area (Å²) in [5, 5.41) is 12.2. The minimum Gasteiger partial charge on any atom is -0.493 e. The SMILES string of the molecule is CCCOc1cc(Br)c(CNc2ccc(C(=O)O)cc2)cc1OC. The first-order valence-electron chi connectivity index (χ1n) is 7.61. The molecule has 2 aromatic carbocycles. The Morgan fingerprint density at radius 2 is 1.92 bits per heavy atom. The smallest absolute Gasteiger partial charge is 0.335 e. The lowest BCUT2D eigenvalue weighted by atomic mass is 10.1. The van der Waals surface area contributed by atoms with Gasteiger partial charge in [-0.3, -0.25) is 0 Å². The minimum atomic E-state index is -0.934. The van der Waals surface area contributed by atoms with Crippen LogP contribution in [0.4, 0.5) is 5.69 Å². The number of carbonyl (C=O) groups is 1. The number of halogens is 1. The van der Waals surface area contributed by atoms with E-state index in [1.807, 2.05) is 12.1 Å². The van der Waals surface area contributed by atoms with Crippen molar-refractivity contribution in [2.24, 2.45) is 0 Å². The highest BCUT2D eigenvalue weighted by Gasteiger charge is 2.10. The van der Waals surface area contributed by atoms with Gasteiger partial charge in [0.2, 0.25) is 0 Å². The molecule has 6 heteroatoms. The number of rotatable bonds is 8. The second kappa shape index (κ2) is 8.59. The van der Waals surface area contributed by atoms with Crippen molar-refractivity contribution in [3.63, 3.8) is 0 Å². The van der Waals surface area contributed by atoms with Crippen molar-refractivity contribution in [1.82, 2.24) is 0 Å². The van der Waals surface area contributed by atoms with Gasteiger partial charge in [0, 0.05) is 16.7 Å². The highest BCUT2D eigenvalue weighted by molar-refractivity contribution is 9.10. The van der Waals surface area contributed by atoms with E-state index in [2.05, 4.69) is 28.2 Å². The van der Waals surface area contributed by atoms with E-state index in [9.17, 15) is 4.79 Å². The van der Waals surface area contributed by atoms with Crippen molar-refractivity contribution >= 4 is 27.6 Å². The summed E-state index contributed by atoms with van der Waals surface area (Å²) in [5.41, 5.74) is 2.12. The Balaban J connectivity index is 2.10. The van der Waals surface area contributed by atoms with Gasteiger partial charge in [0.05, 0.1) is 19.3 Å². The quantitative estimate of drug-likeness (QED) is 0.687. The Kier molecular flexibility index (Phi) is 6.49. The normalized spacial score (nSPS) is 10.3. The number of hydrogen-bond donors (Lipinski definition) is 2. The van der Waals surface area contributed by atoms with Crippen LogP contribution in [-0.4, -0.2) is 24.8 Å². The Morgan fingerprint density at radius 3 is 2.50 bits per heavy atom. The van der Waals surface area contributed by atoms with E-state index in [0.717, 1.165) is 22.1 Å². The van der Waals surface area contributed by atoms with E-state index in [1.54, 1.807) is 31.4 Å². The van der Waals surface area contributed by atoms with Gasteiger partial charge in [-0.15, -0.1) is 0 Å². The zero-order chi connectivity index (χ0) is 17.5. The van der Waals surface area contributed by atoms with Crippen LogP contribution < -0.4 is 14.8 Å². The molecule has 0 unspecified atom stereocenters. The molecule has 5 nitrogen and oxygen atoms in total. The fourth-order valence-corrected chi connectivity index (χ4v) is 2.59. The van der Waals surface area contributed by atoms with Crippen LogP contribution in [0.2, 0.25) is 0 Å². The molecule has 0 heterocycles. The summed E-state index contributed by atoms with van der Waals surface area (Å²) < 4.78 is 12.0. The molecule has 0 fully saturated rings. The predicted molar refractivity (Wildman–Crippen MR) is 97.2 cm³/mol. The lowest BCUT2D eigenvalue weighted by Gasteiger charge is -2.14. The third-order valence-corrected chi connectivity index (χ3v) is 4.15. The minimum absolute atomic E-state index is 0.265. The van der Waals surface area contributed by atoms with Crippen molar-refractivity contribution in [1.29, 1.82) is 0 Å². The molecule has 0 aromatic heterocycles. The van der Waals surface area contributed by atoms with Crippen LogP contribution >= 0.6 is 15.9 Å². The number of carboxylic acid groups (broad SMARTS) is 1. The molecular formula is C18H20BrNO4. The molecule has 128 valence electrons. The van der Waals surface area contributed by atoms with Gasteiger partial charge in [0.1, 0.15) is 0 Å². The summed E-state index contributed by atoms with van der Waals surface area (Å²) >= 11 is 3.55. The third kappa shape index (κ3) is 4.64. The predicted octanol–water partition coefficient (Wildman–Crippen LogP) is 4.56. The first kappa shape index (κ1) is 18.1. The molecule has 0 amide bonds. The Morgan fingerprint density at radius 1 is 1.21 bits per heavy atom. The van der Waals surface area contributed by atoms with Gasteiger partial charge in [-0.1, -0.05) is 22.9 Å². The van der Waals surface area contributed by atoms with Crippen molar-refractivity contribution in [2.45, 2.75) is 19.9 Å². The van der Waals surface area contributed by atoms with Gasteiger partial charge in [-0.2, -0.15) is 0 Å². The van der Waals surface area contributed by atoms with Gasteiger partial charge in [-0.25, -0.2) is 4.79 Å². The molecule has 0 atom stereocenters. The van der Waals surface area contributed by atoms with Gasteiger partial charge >= 0.3 is 5.97 Å². The van der Waals surface area contributed by atoms with Crippen molar-refractivity contribution in [3.05, 3.63) is 52.0 Å². The molecule has 2 N–H and O–H groups in total. The summed E-state index contributed by atoms with van der Waals surface area (Å²) in [5.74, 6) is 0.460. The summed E-state index contributed by atoms with van der Waals surface area (Å²) in [7, 11) is 1.61. The average molecular weight is 394 g/mol. The molecule has 0 aliphatic carbocycles. The van der Waals surface area contributed by atoms with Gasteiger partial charge < -0.3 is 19.9 Å². The van der Waals surface area contributed by atoms with Gasteiger partial charge in [-0.05, 0) is 48.4 Å². The number of nitrogens with one attached hydrogen (secondary N) is 1. The monoisotopic (exact) mass is 393 g/mol. The zero-order valence-electron chi connectivity index (χ0n) is 13.6. The number of aromatic carboxylic acids is 1. The average Bonchev–Trinajstić information content (AvgIpc) is 2.59. The fraction of sp³-hybridized carbons (Fsp3) is 0.278. The first-order chi connectivity index (χ1) is 11.5. The van der Waals surface area contributed by atoms with Crippen molar-refractivity contribution < 1.29 is 19.4 Å². The van der Waals surface area contributed by atoms with E-state index in [1.165, 1.54) is 0 Å². The summed E-state index contributed by atoms with van der Waals surface area (Å²) in [6.07, 6.45) is 0.927. The van der Waals surface area contributed by atoms with E-state index < -0.39 is 5.97 Å². The lowest BCUT2D eigenvalue weighted by Crippen LogP contribution is -2.03.